The zero-order chi connectivity index (χ0) is 14.9. The molecule has 0 radical (unpaired) electrons. The molecular formula is C12H8F2O4S2. The van der Waals surface area contributed by atoms with Gasteiger partial charge in [0.25, 0.3) is 0 Å². The summed E-state index contributed by atoms with van der Waals surface area (Å²) in [5.41, 5.74) is 0.118. The predicted octanol–water partition coefficient (Wildman–Crippen LogP) is 2.70. The molecule has 1 aromatic heterocycles. The third-order valence-corrected chi connectivity index (χ3v) is 5.14. The second-order valence-corrected chi connectivity index (χ2v) is 6.82. The summed E-state index contributed by atoms with van der Waals surface area (Å²) in [6.45, 7) is 0. The van der Waals surface area contributed by atoms with Gasteiger partial charge in [0, 0.05) is 0 Å². The van der Waals surface area contributed by atoms with Crippen molar-refractivity contribution in [3.63, 3.8) is 0 Å². The van der Waals surface area contributed by atoms with Crippen LogP contribution in [-0.2, 0) is 15.6 Å². The Hall–Kier alpha value is -1.80. The van der Waals surface area contributed by atoms with Gasteiger partial charge in [-0.1, -0.05) is 0 Å². The number of benzene rings is 1. The van der Waals surface area contributed by atoms with Crippen LogP contribution in [-0.4, -0.2) is 19.5 Å². The number of sulfone groups is 1. The Balaban J connectivity index is 2.38. The van der Waals surface area contributed by atoms with Gasteiger partial charge in [-0.25, -0.2) is 22.0 Å². The van der Waals surface area contributed by atoms with Crippen molar-refractivity contribution in [3.05, 3.63) is 51.7 Å². The van der Waals surface area contributed by atoms with Crippen LogP contribution in [0.2, 0.25) is 0 Å². The molecule has 8 heteroatoms. The van der Waals surface area contributed by atoms with Crippen molar-refractivity contribution >= 4 is 27.1 Å². The SMILES string of the molecule is O=C(O)c1sccc1CS(=O)(=O)c1ccc(F)c(F)c1. The number of carboxylic acids is 1. The summed E-state index contributed by atoms with van der Waals surface area (Å²) in [5, 5.41) is 10.4. The van der Waals surface area contributed by atoms with Crippen molar-refractivity contribution in [1.82, 2.24) is 0 Å². The Kier molecular flexibility index (Phi) is 3.87. The highest BCUT2D eigenvalue weighted by Crippen LogP contribution is 2.23. The van der Waals surface area contributed by atoms with E-state index in [9.17, 15) is 22.0 Å². The second kappa shape index (κ2) is 5.29. The first-order chi connectivity index (χ1) is 9.31. The van der Waals surface area contributed by atoms with Gasteiger partial charge >= 0.3 is 5.97 Å². The molecule has 0 fully saturated rings. The van der Waals surface area contributed by atoms with Crippen LogP contribution >= 0.6 is 11.3 Å². The maximum atomic E-state index is 13.1. The zero-order valence-electron chi connectivity index (χ0n) is 9.84. The summed E-state index contributed by atoms with van der Waals surface area (Å²) in [5.74, 6) is -4.22. The van der Waals surface area contributed by atoms with Crippen LogP contribution in [0.5, 0.6) is 0 Å². The normalized spacial score (nSPS) is 11.5. The average molecular weight is 318 g/mol. The van der Waals surface area contributed by atoms with Crippen molar-refractivity contribution < 1.29 is 27.1 Å². The first-order valence-electron chi connectivity index (χ1n) is 5.29. The molecule has 0 bridgehead atoms. The monoisotopic (exact) mass is 318 g/mol. The fourth-order valence-corrected chi connectivity index (χ4v) is 3.82. The maximum absolute atomic E-state index is 13.1. The summed E-state index contributed by atoms with van der Waals surface area (Å²) < 4.78 is 50.0. The fourth-order valence-electron chi connectivity index (χ4n) is 1.60. The van der Waals surface area contributed by atoms with Gasteiger partial charge in [-0.2, -0.15) is 0 Å². The average Bonchev–Trinajstić information content (AvgIpc) is 2.80. The van der Waals surface area contributed by atoms with Crippen molar-refractivity contribution in [3.8, 4) is 0 Å². The summed E-state index contributed by atoms with van der Waals surface area (Å²) in [4.78, 5) is 10.4. The van der Waals surface area contributed by atoms with E-state index >= 15 is 0 Å². The number of hydrogen-bond donors (Lipinski definition) is 1. The van der Waals surface area contributed by atoms with E-state index in [2.05, 4.69) is 0 Å². The first kappa shape index (κ1) is 14.6. The van der Waals surface area contributed by atoms with E-state index in [-0.39, 0.29) is 15.3 Å². The molecule has 0 unspecified atom stereocenters. The van der Waals surface area contributed by atoms with E-state index < -0.39 is 33.2 Å². The third-order valence-electron chi connectivity index (χ3n) is 2.54. The number of rotatable bonds is 4. The minimum absolute atomic E-state index is 0.0869. The molecule has 0 amide bonds. The number of carbonyl (C=O) groups is 1. The summed E-state index contributed by atoms with van der Waals surface area (Å²) >= 11 is 0.901. The van der Waals surface area contributed by atoms with Crippen LogP contribution in [0.1, 0.15) is 15.2 Å². The number of hydrogen-bond acceptors (Lipinski definition) is 4. The highest BCUT2D eigenvalue weighted by atomic mass is 32.2. The second-order valence-electron chi connectivity index (χ2n) is 3.92. The minimum atomic E-state index is -3.94. The molecule has 2 rings (SSSR count). The fraction of sp³-hybridized carbons (Fsp3) is 0.0833. The first-order valence-corrected chi connectivity index (χ1v) is 7.82. The molecule has 2 aromatic rings. The van der Waals surface area contributed by atoms with Crippen LogP contribution in [0.15, 0.2) is 34.5 Å². The minimum Gasteiger partial charge on any atom is -0.477 e. The van der Waals surface area contributed by atoms with E-state index in [4.69, 9.17) is 5.11 Å². The summed E-state index contributed by atoms with van der Waals surface area (Å²) in [7, 11) is -3.94. The van der Waals surface area contributed by atoms with Crippen molar-refractivity contribution in [2.24, 2.45) is 0 Å². The van der Waals surface area contributed by atoms with E-state index in [0.29, 0.717) is 12.1 Å². The largest absolute Gasteiger partial charge is 0.477 e. The van der Waals surface area contributed by atoms with E-state index in [1.165, 1.54) is 11.4 Å². The Morgan fingerprint density at radius 1 is 1.20 bits per heavy atom. The van der Waals surface area contributed by atoms with Crippen molar-refractivity contribution in [2.75, 3.05) is 0 Å². The predicted molar refractivity (Wildman–Crippen MR) is 68.5 cm³/mol. The Morgan fingerprint density at radius 3 is 2.50 bits per heavy atom. The quantitative estimate of drug-likeness (QED) is 0.880. The van der Waals surface area contributed by atoms with Gasteiger partial charge in [0.15, 0.2) is 21.5 Å². The molecule has 0 spiro atoms. The smallest absolute Gasteiger partial charge is 0.346 e. The van der Waals surface area contributed by atoms with Crippen LogP contribution in [0.25, 0.3) is 0 Å². The molecular weight excluding hydrogens is 310 g/mol. The number of thiophene rings is 1. The number of halogens is 2. The lowest BCUT2D eigenvalue weighted by Gasteiger charge is -2.05. The van der Waals surface area contributed by atoms with Crippen molar-refractivity contribution in [1.29, 1.82) is 0 Å². The molecule has 1 heterocycles. The molecule has 0 aliphatic carbocycles. The molecule has 1 N–H and O–H groups in total. The standard InChI is InChI=1S/C12H8F2O4S2/c13-9-2-1-8(5-10(9)14)20(17,18)6-7-3-4-19-11(7)12(15)16/h1-5H,6H2,(H,15,16). The molecule has 0 atom stereocenters. The highest BCUT2D eigenvalue weighted by molar-refractivity contribution is 7.90. The van der Waals surface area contributed by atoms with E-state index in [1.807, 2.05) is 0 Å². The molecule has 20 heavy (non-hydrogen) atoms. The number of carboxylic acid groups (broad SMARTS) is 1. The lowest BCUT2D eigenvalue weighted by Crippen LogP contribution is -2.08. The Morgan fingerprint density at radius 2 is 1.90 bits per heavy atom. The van der Waals surface area contributed by atoms with Gasteiger partial charge in [0.1, 0.15) is 4.88 Å². The van der Waals surface area contributed by atoms with E-state index in [0.717, 1.165) is 17.4 Å². The van der Waals surface area contributed by atoms with Crippen molar-refractivity contribution in [2.45, 2.75) is 10.6 Å². The summed E-state index contributed by atoms with van der Waals surface area (Å²) in [6.07, 6.45) is 0. The van der Waals surface area contributed by atoms with Crippen LogP contribution < -0.4 is 0 Å². The lowest BCUT2D eigenvalue weighted by atomic mass is 10.3. The van der Waals surface area contributed by atoms with Gasteiger partial charge in [0.2, 0.25) is 0 Å². The molecule has 4 nitrogen and oxygen atoms in total. The van der Waals surface area contributed by atoms with Gasteiger partial charge < -0.3 is 5.11 Å². The van der Waals surface area contributed by atoms with Crippen LogP contribution in [0.3, 0.4) is 0 Å². The lowest BCUT2D eigenvalue weighted by molar-refractivity contribution is 0.0701. The molecule has 1 aromatic carbocycles. The van der Waals surface area contributed by atoms with Crippen LogP contribution in [0, 0.1) is 11.6 Å². The van der Waals surface area contributed by atoms with Gasteiger partial charge in [-0.15, -0.1) is 11.3 Å². The Labute approximate surface area is 117 Å². The van der Waals surface area contributed by atoms with Gasteiger partial charge in [-0.3, -0.25) is 0 Å². The molecule has 106 valence electrons. The molecule has 0 saturated carbocycles. The van der Waals surface area contributed by atoms with Crippen LogP contribution in [0.4, 0.5) is 8.78 Å². The van der Waals surface area contributed by atoms with E-state index in [1.54, 1.807) is 0 Å². The molecule has 0 aliphatic rings. The topological polar surface area (TPSA) is 71.4 Å². The number of aromatic carboxylic acids is 1. The van der Waals surface area contributed by atoms with Gasteiger partial charge in [0.05, 0.1) is 10.6 Å². The van der Waals surface area contributed by atoms with Gasteiger partial charge in [-0.05, 0) is 35.2 Å². The summed E-state index contributed by atoms with van der Waals surface area (Å²) in [6, 6.07) is 3.62. The zero-order valence-corrected chi connectivity index (χ0v) is 11.5. The highest BCUT2D eigenvalue weighted by Gasteiger charge is 2.21. The molecule has 0 saturated heterocycles. The molecule has 0 aliphatic heterocycles. The third kappa shape index (κ3) is 2.86. The Bertz CT molecular complexity index is 766. The maximum Gasteiger partial charge on any atom is 0.346 e.